The topological polar surface area (TPSA) is 64.0 Å². The molecule has 0 aliphatic heterocycles. The lowest BCUT2D eigenvalue weighted by atomic mass is 10.2. The van der Waals surface area contributed by atoms with Crippen molar-refractivity contribution in [1.29, 1.82) is 0 Å². The van der Waals surface area contributed by atoms with Gasteiger partial charge in [0, 0.05) is 13.1 Å². The van der Waals surface area contributed by atoms with E-state index in [1.54, 1.807) is 26.1 Å². The number of sulfonamides is 1. The zero-order chi connectivity index (χ0) is 14.8. The number of anilines is 1. The van der Waals surface area contributed by atoms with Crippen LogP contribution in [0.1, 0.15) is 16.8 Å². The number of nitrogens with one attached hydrogen (secondary N) is 1. The van der Waals surface area contributed by atoms with E-state index in [0.717, 1.165) is 22.2 Å². The van der Waals surface area contributed by atoms with Crippen LogP contribution in [0.2, 0.25) is 0 Å². The van der Waals surface area contributed by atoms with Crippen LogP contribution in [0.5, 0.6) is 0 Å². The molecule has 5 nitrogen and oxygen atoms in total. The first-order chi connectivity index (χ1) is 9.35. The van der Waals surface area contributed by atoms with E-state index in [-0.39, 0.29) is 0 Å². The Morgan fingerprint density at radius 1 is 1.20 bits per heavy atom. The molecular formula is C14H17N3O2S. The molecule has 0 spiro atoms. The van der Waals surface area contributed by atoms with Crippen molar-refractivity contribution in [2.75, 3.05) is 4.72 Å². The molecule has 2 rings (SSSR count). The molecule has 0 amide bonds. The Balaban J connectivity index is 2.15. The maximum atomic E-state index is 12.0. The molecule has 20 heavy (non-hydrogen) atoms. The van der Waals surface area contributed by atoms with Crippen LogP contribution in [0.3, 0.4) is 0 Å². The highest BCUT2D eigenvalue weighted by atomic mass is 32.2. The number of aromatic nitrogens is 2. The van der Waals surface area contributed by atoms with E-state index in [2.05, 4.69) is 9.82 Å². The third kappa shape index (κ3) is 3.71. The quantitative estimate of drug-likeness (QED) is 0.941. The highest BCUT2D eigenvalue weighted by Crippen LogP contribution is 2.12. The summed E-state index contributed by atoms with van der Waals surface area (Å²) in [6.07, 6.45) is 1.56. The van der Waals surface area contributed by atoms with Crippen molar-refractivity contribution in [3.8, 4) is 0 Å². The molecule has 2 aromatic rings. The van der Waals surface area contributed by atoms with Crippen molar-refractivity contribution in [2.24, 2.45) is 7.05 Å². The molecule has 0 aliphatic rings. The van der Waals surface area contributed by atoms with Gasteiger partial charge in [0.2, 0.25) is 0 Å². The molecule has 106 valence electrons. The summed E-state index contributed by atoms with van der Waals surface area (Å²) < 4.78 is 27.9. The highest BCUT2D eigenvalue weighted by Gasteiger charge is 2.09. The van der Waals surface area contributed by atoms with Gasteiger partial charge in [-0.15, -0.1) is 0 Å². The lowest BCUT2D eigenvalue weighted by molar-refractivity contribution is 0.608. The third-order valence-corrected chi connectivity index (χ3v) is 3.75. The van der Waals surface area contributed by atoms with Crippen LogP contribution >= 0.6 is 0 Å². The minimum atomic E-state index is -3.54. The molecule has 0 fully saturated rings. The molecule has 0 radical (unpaired) electrons. The zero-order valence-corrected chi connectivity index (χ0v) is 12.5. The van der Waals surface area contributed by atoms with Gasteiger partial charge in [0.25, 0.3) is 10.0 Å². The Kier molecular flexibility index (Phi) is 3.94. The van der Waals surface area contributed by atoms with E-state index in [0.29, 0.717) is 5.82 Å². The summed E-state index contributed by atoms with van der Waals surface area (Å²) >= 11 is 0. The molecule has 1 N–H and O–H groups in total. The molecular weight excluding hydrogens is 274 g/mol. The molecule has 1 aromatic heterocycles. The zero-order valence-electron chi connectivity index (χ0n) is 11.7. The van der Waals surface area contributed by atoms with Gasteiger partial charge >= 0.3 is 0 Å². The summed E-state index contributed by atoms with van der Waals surface area (Å²) in [6.45, 7) is 3.79. The molecule has 0 saturated carbocycles. The first-order valence-corrected chi connectivity index (χ1v) is 7.68. The maximum Gasteiger partial charge on any atom is 0.256 e. The van der Waals surface area contributed by atoms with Crippen LogP contribution in [-0.2, 0) is 17.1 Å². The van der Waals surface area contributed by atoms with Crippen molar-refractivity contribution < 1.29 is 8.42 Å². The van der Waals surface area contributed by atoms with E-state index in [9.17, 15) is 8.42 Å². The lowest BCUT2D eigenvalue weighted by Crippen LogP contribution is -2.12. The van der Waals surface area contributed by atoms with Gasteiger partial charge in [-0.2, -0.15) is 5.10 Å². The maximum absolute atomic E-state index is 12.0. The Morgan fingerprint density at radius 2 is 1.85 bits per heavy atom. The summed E-state index contributed by atoms with van der Waals surface area (Å²) in [6, 6.07) is 9.29. The van der Waals surface area contributed by atoms with Gasteiger partial charge in [0.05, 0.1) is 11.1 Å². The molecule has 0 aliphatic carbocycles. The predicted molar refractivity (Wildman–Crippen MR) is 80.7 cm³/mol. The van der Waals surface area contributed by atoms with Gasteiger partial charge in [0.15, 0.2) is 0 Å². The smallest absolute Gasteiger partial charge is 0.256 e. The lowest BCUT2D eigenvalue weighted by Gasteiger charge is -2.03. The number of rotatable bonds is 4. The molecule has 6 heteroatoms. The monoisotopic (exact) mass is 291 g/mol. The van der Waals surface area contributed by atoms with Crippen LogP contribution in [0.15, 0.2) is 35.7 Å². The minimum absolute atomic E-state index is 0.441. The van der Waals surface area contributed by atoms with E-state index in [4.69, 9.17) is 0 Å². The highest BCUT2D eigenvalue weighted by molar-refractivity contribution is 7.95. The molecule has 0 atom stereocenters. The van der Waals surface area contributed by atoms with E-state index in [1.165, 1.54) is 4.68 Å². The number of nitrogens with zero attached hydrogens (tertiary/aromatic N) is 2. The number of benzene rings is 1. The van der Waals surface area contributed by atoms with Gasteiger partial charge in [-0.05, 0) is 25.5 Å². The second-order valence-electron chi connectivity index (χ2n) is 4.66. The van der Waals surface area contributed by atoms with Crippen molar-refractivity contribution in [3.05, 3.63) is 52.6 Å². The number of hydrogen-bond acceptors (Lipinski definition) is 3. The second-order valence-corrected chi connectivity index (χ2v) is 6.22. The summed E-state index contributed by atoms with van der Waals surface area (Å²) in [5.74, 6) is 0.441. The molecule has 1 heterocycles. The average molecular weight is 291 g/mol. The Hall–Kier alpha value is -2.08. The van der Waals surface area contributed by atoms with Crippen LogP contribution in [0, 0.1) is 13.8 Å². The van der Waals surface area contributed by atoms with E-state index >= 15 is 0 Å². The Labute approximate surface area is 119 Å². The summed E-state index contributed by atoms with van der Waals surface area (Å²) in [5.41, 5.74) is 2.73. The van der Waals surface area contributed by atoms with Crippen LogP contribution < -0.4 is 4.72 Å². The Morgan fingerprint density at radius 3 is 2.40 bits per heavy atom. The third-order valence-electron chi connectivity index (χ3n) is 2.77. The normalized spacial score (nSPS) is 11.9. The van der Waals surface area contributed by atoms with Gasteiger partial charge in [-0.1, -0.05) is 29.8 Å². The number of aryl methyl sites for hydroxylation is 3. The fourth-order valence-corrected chi connectivity index (χ4v) is 2.62. The predicted octanol–water partition coefficient (Wildman–Crippen LogP) is 2.45. The summed E-state index contributed by atoms with van der Waals surface area (Å²) in [7, 11) is -1.85. The van der Waals surface area contributed by atoms with Gasteiger partial charge in [-0.25, -0.2) is 8.42 Å². The van der Waals surface area contributed by atoms with Gasteiger partial charge in [0.1, 0.15) is 5.82 Å². The molecule has 0 unspecified atom stereocenters. The van der Waals surface area contributed by atoms with Crippen molar-refractivity contribution in [1.82, 2.24) is 9.78 Å². The Bertz CT molecular complexity index is 728. The fraction of sp³-hybridized carbons (Fsp3) is 0.214. The van der Waals surface area contributed by atoms with Gasteiger partial charge < -0.3 is 0 Å². The molecule has 0 saturated heterocycles. The van der Waals surface area contributed by atoms with Crippen molar-refractivity contribution >= 4 is 21.9 Å². The summed E-state index contributed by atoms with van der Waals surface area (Å²) in [5, 5.41) is 5.24. The van der Waals surface area contributed by atoms with E-state index < -0.39 is 10.0 Å². The van der Waals surface area contributed by atoms with Crippen LogP contribution in [0.25, 0.3) is 6.08 Å². The first kappa shape index (κ1) is 14.3. The van der Waals surface area contributed by atoms with E-state index in [1.807, 2.05) is 31.2 Å². The second kappa shape index (κ2) is 5.50. The van der Waals surface area contributed by atoms with Crippen molar-refractivity contribution in [3.63, 3.8) is 0 Å². The minimum Gasteiger partial charge on any atom is -0.264 e. The standard InChI is InChI=1S/C14H17N3O2S/c1-11-4-6-13(7-5-11)8-9-20(18,19)16-14-10-12(2)15-17(14)3/h4-10,16H,1-3H3. The fourth-order valence-electron chi connectivity index (χ4n) is 1.73. The van der Waals surface area contributed by atoms with Crippen LogP contribution in [-0.4, -0.2) is 18.2 Å². The molecule has 1 aromatic carbocycles. The number of hydrogen-bond donors (Lipinski definition) is 1. The van der Waals surface area contributed by atoms with Crippen LogP contribution in [0.4, 0.5) is 5.82 Å². The van der Waals surface area contributed by atoms with Crippen molar-refractivity contribution in [2.45, 2.75) is 13.8 Å². The average Bonchev–Trinajstić information content (AvgIpc) is 2.66. The molecule has 0 bridgehead atoms. The largest absolute Gasteiger partial charge is 0.264 e. The summed E-state index contributed by atoms with van der Waals surface area (Å²) in [4.78, 5) is 0. The SMILES string of the molecule is Cc1ccc(C=CS(=O)(=O)Nc2cc(C)nn2C)cc1. The van der Waals surface area contributed by atoms with Gasteiger partial charge in [-0.3, -0.25) is 9.40 Å². The first-order valence-electron chi connectivity index (χ1n) is 6.14.